The lowest BCUT2D eigenvalue weighted by atomic mass is 10.1. The molecule has 3 aromatic rings. The molecule has 2 heterocycles. The molecule has 0 N–H and O–H groups in total. The van der Waals surface area contributed by atoms with Gasteiger partial charge in [-0.15, -0.1) is 12.4 Å². The number of hydrogen-bond acceptors (Lipinski definition) is 6. The number of fused-ring (bicyclic) bond motifs is 1. The number of methoxy groups -OCH3 is 1. The van der Waals surface area contributed by atoms with Crippen LogP contribution in [0.1, 0.15) is 16.8 Å². The molecule has 1 aromatic heterocycles. The van der Waals surface area contributed by atoms with Crippen LogP contribution in [0, 0.1) is 0 Å². The van der Waals surface area contributed by atoms with E-state index in [2.05, 4.69) is 9.88 Å². The van der Waals surface area contributed by atoms with Gasteiger partial charge in [-0.3, -0.25) is 14.6 Å². The number of carbonyl (C=O) groups is 1. The predicted octanol–water partition coefficient (Wildman–Crippen LogP) is 5.40. The lowest BCUT2D eigenvalue weighted by Crippen LogP contribution is -2.39. The van der Waals surface area contributed by atoms with Gasteiger partial charge in [-0.2, -0.15) is 0 Å². The number of carbonyl (C=O) groups excluding carboxylic acids is 1. The first kappa shape index (κ1) is 25.0. The molecule has 172 valence electrons. The summed E-state index contributed by atoms with van der Waals surface area (Å²) in [7, 11) is 1.54. The van der Waals surface area contributed by atoms with E-state index in [1.165, 1.54) is 11.3 Å². The third-order valence-electron chi connectivity index (χ3n) is 5.19. The van der Waals surface area contributed by atoms with Crippen molar-refractivity contribution in [1.82, 2.24) is 9.88 Å². The van der Waals surface area contributed by atoms with Gasteiger partial charge in [-0.1, -0.05) is 40.6 Å². The summed E-state index contributed by atoms with van der Waals surface area (Å²) in [6.07, 6.45) is 0.804. The molecule has 0 saturated carbocycles. The zero-order valence-electron chi connectivity index (χ0n) is 17.6. The van der Waals surface area contributed by atoms with E-state index >= 15 is 0 Å². The van der Waals surface area contributed by atoms with Gasteiger partial charge in [0.15, 0.2) is 5.13 Å². The highest BCUT2D eigenvalue weighted by Crippen LogP contribution is 2.34. The van der Waals surface area contributed by atoms with E-state index in [-0.39, 0.29) is 18.3 Å². The number of ether oxygens (including phenoxy) is 2. The van der Waals surface area contributed by atoms with Crippen LogP contribution in [0.5, 0.6) is 5.75 Å². The minimum absolute atomic E-state index is 0. The van der Waals surface area contributed by atoms with Gasteiger partial charge < -0.3 is 9.47 Å². The van der Waals surface area contributed by atoms with Crippen LogP contribution in [0.4, 0.5) is 5.13 Å². The van der Waals surface area contributed by atoms with Crippen LogP contribution in [-0.4, -0.2) is 62.3 Å². The molecule has 1 aliphatic heterocycles. The molecule has 0 unspecified atom stereocenters. The fourth-order valence-electron chi connectivity index (χ4n) is 3.57. The van der Waals surface area contributed by atoms with Gasteiger partial charge in [-0.05, 0) is 36.8 Å². The maximum absolute atomic E-state index is 13.6. The second-order valence-electron chi connectivity index (χ2n) is 7.19. The first-order chi connectivity index (χ1) is 15.1. The third-order valence-corrected chi connectivity index (χ3v) is 6.77. The zero-order chi connectivity index (χ0) is 21.8. The number of anilines is 1. The summed E-state index contributed by atoms with van der Waals surface area (Å²) < 4.78 is 11.8. The second kappa shape index (κ2) is 11.5. The normalized spacial score (nSPS) is 14.2. The van der Waals surface area contributed by atoms with E-state index in [9.17, 15) is 4.79 Å². The Kier molecular flexibility index (Phi) is 8.99. The van der Waals surface area contributed by atoms with Crippen LogP contribution >= 0.6 is 46.9 Å². The van der Waals surface area contributed by atoms with Crippen molar-refractivity contribution >= 4 is 68.2 Å². The Balaban J connectivity index is 0.00000289. The maximum Gasteiger partial charge on any atom is 0.263 e. The van der Waals surface area contributed by atoms with Gasteiger partial charge >= 0.3 is 0 Å². The van der Waals surface area contributed by atoms with Gasteiger partial charge in [0.1, 0.15) is 11.3 Å². The Labute approximate surface area is 207 Å². The van der Waals surface area contributed by atoms with E-state index < -0.39 is 0 Å². The summed E-state index contributed by atoms with van der Waals surface area (Å²) in [5.41, 5.74) is 1.11. The molecule has 2 aromatic carbocycles. The maximum atomic E-state index is 13.6. The van der Waals surface area contributed by atoms with Crippen LogP contribution in [0.3, 0.4) is 0 Å². The molecule has 0 radical (unpaired) electrons. The zero-order valence-corrected chi connectivity index (χ0v) is 20.7. The number of thiazole rings is 1. The van der Waals surface area contributed by atoms with Crippen molar-refractivity contribution in [2.45, 2.75) is 6.42 Å². The van der Waals surface area contributed by atoms with E-state index in [0.29, 0.717) is 38.6 Å². The van der Waals surface area contributed by atoms with Crippen LogP contribution in [0.2, 0.25) is 10.0 Å². The Bertz CT molecular complexity index is 1070. The van der Waals surface area contributed by atoms with Crippen molar-refractivity contribution in [1.29, 1.82) is 0 Å². The van der Waals surface area contributed by atoms with Crippen molar-refractivity contribution < 1.29 is 14.3 Å². The fourth-order valence-corrected chi connectivity index (χ4v) is 5.03. The minimum atomic E-state index is -0.198. The Morgan fingerprint density at radius 1 is 1.25 bits per heavy atom. The van der Waals surface area contributed by atoms with Crippen LogP contribution in [0.15, 0.2) is 36.4 Å². The molecule has 0 spiro atoms. The summed E-state index contributed by atoms with van der Waals surface area (Å²) in [6, 6.07) is 10.7. The van der Waals surface area contributed by atoms with Gasteiger partial charge in [0, 0.05) is 31.2 Å². The molecule has 1 saturated heterocycles. The first-order valence-electron chi connectivity index (χ1n) is 10.1. The van der Waals surface area contributed by atoms with E-state index in [1.54, 1.807) is 36.3 Å². The van der Waals surface area contributed by atoms with Gasteiger partial charge in [-0.25, -0.2) is 4.98 Å². The average molecular weight is 517 g/mol. The molecule has 32 heavy (non-hydrogen) atoms. The Hall–Kier alpha value is -1.61. The number of nitrogens with zero attached hydrogens (tertiary/aromatic N) is 3. The molecule has 1 fully saturated rings. The van der Waals surface area contributed by atoms with E-state index in [0.717, 1.165) is 44.0 Å². The molecule has 10 heteroatoms. The standard InChI is InChI=1S/C22H23Cl2N3O3S.ClH/c1-29-18-7-6-15(23)14-16(18)21(28)27(9-3-8-26-10-12-30-13-11-26)22-25-20-17(24)4-2-5-19(20)31-22;/h2,4-7,14H,3,8-13H2,1H3;1H. The minimum Gasteiger partial charge on any atom is -0.496 e. The van der Waals surface area contributed by atoms with Crippen LogP contribution in [-0.2, 0) is 4.74 Å². The average Bonchev–Trinajstić information content (AvgIpc) is 3.22. The lowest BCUT2D eigenvalue weighted by molar-refractivity contribution is 0.0376. The largest absolute Gasteiger partial charge is 0.496 e. The molecule has 1 amide bonds. The van der Waals surface area contributed by atoms with Gasteiger partial charge in [0.25, 0.3) is 5.91 Å². The molecule has 0 bridgehead atoms. The molecule has 1 aliphatic rings. The fraction of sp³-hybridized carbons (Fsp3) is 0.364. The highest BCUT2D eigenvalue weighted by Gasteiger charge is 2.25. The van der Waals surface area contributed by atoms with E-state index in [4.69, 9.17) is 32.7 Å². The number of amides is 1. The SMILES string of the molecule is COc1ccc(Cl)cc1C(=O)N(CCCN1CCOCC1)c1nc2c(Cl)cccc2s1.Cl. The van der Waals surface area contributed by atoms with E-state index in [1.807, 2.05) is 12.1 Å². The highest BCUT2D eigenvalue weighted by atomic mass is 35.5. The molecule has 0 atom stereocenters. The number of aromatic nitrogens is 1. The molecule has 0 aliphatic carbocycles. The number of benzene rings is 2. The van der Waals surface area contributed by atoms with Gasteiger partial charge in [0.05, 0.1) is 35.6 Å². The molecule has 4 rings (SSSR count). The second-order valence-corrected chi connectivity index (χ2v) is 9.04. The quantitative estimate of drug-likeness (QED) is 0.421. The summed E-state index contributed by atoms with van der Waals surface area (Å²) in [4.78, 5) is 22.3. The topological polar surface area (TPSA) is 54.9 Å². The Morgan fingerprint density at radius 2 is 2.03 bits per heavy atom. The van der Waals surface area contributed by atoms with Crippen LogP contribution in [0.25, 0.3) is 10.2 Å². The number of rotatable bonds is 7. The summed E-state index contributed by atoms with van der Waals surface area (Å²) in [5.74, 6) is 0.281. The van der Waals surface area contributed by atoms with Crippen molar-refractivity contribution in [2.24, 2.45) is 0 Å². The highest BCUT2D eigenvalue weighted by molar-refractivity contribution is 7.22. The monoisotopic (exact) mass is 515 g/mol. The first-order valence-corrected chi connectivity index (χ1v) is 11.6. The van der Waals surface area contributed by atoms with Crippen molar-refractivity contribution in [3.05, 3.63) is 52.0 Å². The van der Waals surface area contributed by atoms with Crippen molar-refractivity contribution in [3.63, 3.8) is 0 Å². The summed E-state index contributed by atoms with van der Waals surface area (Å²) in [5, 5.41) is 1.66. The van der Waals surface area contributed by atoms with Crippen LogP contribution < -0.4 is 9.64 Å². The van der Waals surface area contributed by atoms with Gasteiger partial charge in [0.2, 0.25) is 0 Å². The molecular formula is C22H24Cl3N3O3S. The predicted molar refractivity (Wildman–Crippen MR) is 133 cm³/mol. The Morgan fingerprint density at radius 3 is 2.75 bits per heavy atom. The lowest BCUT2D eigenvalue weighted by Gasteiger charge is -2.28. The number of morpholine rings is 1. The smallest absolute Gasteiger partial charge is 0.263 e. The number of halogens is 3. The number of para-hydroxylation sites is 1. The molecule has 6 nitrogen and oxygen atoms in total. The third kappa shape index (κ3) is 5.65. The van der Waals surface area contributed by atoms with Crippen molar-refractivity contribution in [2.75, 3.05) is 51.4 Å². The summed E-state index contributed by atoms with van der Waals surface area (Å²) in [6.45, 7) is 4.71. The number of hydrogen-bond donors (Lipinski definition) is 0. The summed E-state index contributed by atoms with van der Waals surface area (Å²) >= 11 is 14.0. The van der Waals surface area contributed by atoms with Crippen molar-refractivity contribution in [3.8, 4) is 5.75 Å². The molecular weight excluding hydrogens is 493 g/mol.